The lowest BCUT2D eigenvalue weighted by Gasteiger charge is -2.30. The molecule has 5 heteroatoms. The molecule has 1 aliphatic heterocycles. The van der Waals surface area contributed by atoms with Crippen LogP contribution in [0.4, 0.5) is 0 Å². The van der Waals surface area contributed by atoms with Gasteiger partial charge in [0.05, 0.1) is 15.0 Å². The van der Waals surface area contributed by atoms with E-state index in [0.717, 1.165) is 35.2 Å². The lowest BCUT2D eigenvalue weighted by Crippen LogP contribution is -2.38. The quantitative estimate of drug-likeness (QED) is 0.624. The standard InChI is InChI=1S/C19H19NO3S/c1-11-5-6-15-13(8-11)17-14(19(22)23-15)9-16(24-17)18(21)20-7-3-4-12(2)10-20/h5-6,8-9,12H,3-4,7,10H2,1-2H3. The van der Waals surface area contributed by atoms with Gasteiger partial charge in [0.2, 0.25) is 0 Å². The van der Waals surface area contributed by atoms with E-state index in [2.05, 4.69) is 6.92 Å². The van der Waals surface area contributed by atoms with E-state index in [1.165, 1.54) is 17.8 Å². The smallest absolute Gasteiger partial charge is 0.345 e. The van der Waals surface area contributed by atoms with E-state index >= 15 is 0 Å². The summed E-state index contributed by atoms with van der Waals surface area (Å²) in [5, 5.41) is 1.41. The topological polar surface area (TPSA) is 50.5 Å². The average Bonchev–Trinajstić information content (AvgIpc) is 3.01. The van der Waals surface area contributed by atoms with Crippen molar-refractivity contribution in [1.82, 2.24) is 4.90 Å². The first-order chi connectivity index (χ1) is 11.5. The fourth-order valence-corrected chi connectivity index (χ4v) is 4.58. The second kappa shape index (κ2) is 5.74. The summed E-state index contributed by atoms with van der Waals surface area (Å²) < 4.78 is 6.26. The van der Waals surface area contributed by atoms with Crippen LogP contribution in [0.1, 0.15) is 35.0 Å². The predicted octanol–water partition coefficient (Wildman–Crippen LogP) is 4.19. The molecular weight excluding hydrogens is 322 g/mol. The third-order valence-electron chi connectivity index (χ3n) is 4.69. The van der Waals surface area contributed by atoms with Crippen molar-refractivity contribution in [1.29, 1.82) is 0 Å². The molecule has 124 valence electrons. The molecule has 3 heterocycles. The molecule has 1 atom stereocenters. The van der Waals surface area contributed by atoms with E-state index in [1.54, 1.807) is 6.07 Å². The summed E-state index contributed by atoms with van der Waals surface area (Å²) >= 11 is 1.40. The highest BCUT2D eigenvalue weighted by Gasteiger charge is 2.24. The number of nitrogens with zero attached hydrogens (tertiary/aromatic N) is 1. The molecule has 0 saturated carbocycles. The minimum absolute atomic E-state index is 0.0305. The maximum Gasteiger partial charge on any atom is 0.345 e. The number of amides is 1. The molecule has 0 aliphatic carbocycles. The Kier molecular flexibility index (Phi) is 3.68. The van der Waals surface area contributed by atoms with Crippen LogP contribution in [0.15, 0.2) is 33.5 Å². The summed E-state index contributed by atoms with van der Waals surface area (Å²) in [4.78, 5) is 27.6. The first kappa shape index (κ1) is 15.4. The zero-order valence-electron chi connectivity index (χ0n) is 13.8. The Bertz CT molecular complexity index is 1000. The predicted molar refractivity (Wildman–Crippen MR) is 96.9 cm³/mol. The van der Waals surface area contributed by atoms with Crippen LogP contribution in [0.25, 0.3) is 21.1 Å². The van der Waals surface area contributed by atoms with Gasteiger partial charge in [0.15, 0.2) is 0 Å². The Labute approximate surface area is 143 Å². The third-order valence-corrected chi connectivity index (χ3v) is 5.85. The van der Waals surface area contributed by atoms with Gasteiger partial charge in [0, 0.05) is 18.5 Å². The van der Waals surface area contributed by atoms with E-state index in [1.807, 2.05) is 30.0 Å². The summed E-state index contributed by atoms with van der Waals surface area (Å²) in [5.41, 5.74) is 1.30. The zero-order valence-corrected chi connectivity index (χ0v) is 14.6. The molecule has 1 aromatic carbocycles. The van der Waals surface area contributed by atoms with Crippen molar-refractivity contribution >= 4 is 38.3 Å². The van der Waals surface area contributed by atoms with Crippen LogP contribution in [0.2, 0.25) is 0 Å². The number of benzene rings is 1. The minimum Gasteiger partial charge on any atom is -0.422 e. The Morgan fingerprint density at radius 2 is 2.12 bits per heavy atom. The van der Waals surface area contributed by atoms with Crippen LogP contribution in [0.3, 0.4) is 0 Å². The van der Waals surface area contributed by atoms with Crippen molar-refractivity contribution in [2.45, 2.75) is 26.7 Å². The fourth-order valence-electron chi connectivity index (χ4n) is 3.44. The summed E-state index contributed by atoms with van der Waals surface area (Å²) in [7, 11) is 0. The molecule has 1 amide bonds. The molecule has 1 aliphatic rings. The van der Waals surface area contributed by atoms with Gasteiger partial charge in [-0.2, -0.15) is 0 Å². The second-order valence-electron chi connectivity index (χ2n) is 6.74. The van der Waals surface area contributed by atoms with E-state index in [4.69, 9.17) is 4.42 Å². The third kappa shape index (κ3) is 2.53. The molecule has 1 unspecified atom stereocenters. The zero-order chi connectivity index (χ0) is 16.8. The highest BCUT2D eigenvalue weighted by molar-refractivity contribution is 7.21. The molecule has 4 nitrogen and oxygen atoms in total. The molecule has 4 rings (SSSR count). The number of rotatable bonds is 1. The normalized spacial score (nSPS) is 18.4. The SMILES string of the molecule is Cc1ccc2oc(=O)c3cc(C(=O)N4CCCC(C)C4)sc3c2c1. The number of carbonyl (C=O) groups excluding carboxylic acids is 1. The number of carbonyl (C=O) groups is 1. The van der Waals surface area contributed by atoms with Crippen LogP contribution < -0.4 is 5.63 Å². The van der Waals surface area contributed by atoms with Crippen LogP contribution >= 0.6 is 11.3 Å². The number of thiophene rings is 1. The lowest BCUT2D eigenvalue weighted by atomic mass is 10.0. The van der Waals surface area contributed by atoms with Gasteiger partial charge in [0.25, 0.3) is 5.91 Å². The van der Waals surface area contributed by atoms with Crippen LogP contribution in [-0.2, 0) is 0 Å². The average molecular weight is 341 g/mol. The number of piperidine rings is 1. The van der Waals surface area contributed by atoms with Gasteiger partial charge in [0.1, 0.15) is 5.58 Å². The molecule has 1 fully saturated rings. The van der Waals surface area contributed by atoms with Crippen molar-refractivity contribution in [2.75, 3.05) is 13.1 Å². The number of aryl methyl sites for hydroxylation is 1. The van der Waals surface area contributed by atoms with Crippen molar-refractivity contribution in [2.24, 2.45) is 5.92 Å². The summed E-state index contributed by atoms with van der Waals surface area (Å²) in [6, 6.07) is 7.45. The van der Waals surface area contributed by atoms with E-state index < -0.39 is 0 Å². The molecule has 3 aromatic rings. The van der Waals surface area contributed by atoms with Crippen molar-refractivity contribution < 1.29 is 9.21 Å². The monoisotopic (exact) mass is 341 g/mol. The van der Waals surface area contributed by atoms with Crippen molar-refractivity contribution in [3.05, 3.63) is 45.1 Å². The van der Waals surface area contributed by atoms with Gasteiger partial charge in [-0.15, -0.1) is 11.3 Å². The Morgan fingerprint density at radius 3 is 2.92 bits per heavy atom. The molecule has 0 spiro atoms. The van der Waals surface area contributed by atoms with Crippen molar-refractivity contribution in [3.63, 3.8) is 0 Å². The maximum absolute atomic E-state index is 12.8. The second-order valence-corrected chi connectivity index (χ2v) is 7.79. The molecular formula is C19H19NO3S. The minimum atomic E-state index is -0.372. The molecule has 0 radical (unpaired) electrons. The van der Waals surface area contributed by atoms with Gasteiger partial charge in [-0.3, -0.25) is 4.79 Å². The number of fused-ring (bicyclic) bond motifs is 3. The number of hydrogen-bond acceptors (Lipinski definition) is 4. The van der Waals surface area contributed by atoms with Crippen LogP contribution in [0.5, 0.6) is 0 Å². The Morgan fingerprint density at radius 1 is 1.29 bits per heavy atom. The van der Waals surface area contributed by atoms with Crippen molar-refractivity contribution in [3.8, 4) is 0 Å². The Balaban J connectivity index is 1.84. The van der Waals surface area contributed by atoms with Crippen LogP contribution in [-0.4, -0.2) is 23.9 Å². The first-order valence-corrected chi connectivity index (χ1v) is 9.11. The van der Waals surface area contributed by atoms with Gasteiger partial charge in [-0.05, 0) is 43.9 Å². The highest BCUT2D eigenvalue weighted by atomic mass is 32.1. The van der Waals surface area contributed by atoms with E-state index in [0.29, 0.717) is 21.8 Å². The lowest BCUT2D eigenvalue weighted by molar-refractivity contribution is 0.0688. The van der Waals surface area contributed by atoms with E-state index in [-0.39, 0.29) is 11.5 Å². The largest absolute Gasteiger partial charge is 0.422 e. The molecule has 2 aromatic heterocycles. The highest BCUT2D eigenvalue weighted by Crippen LogP contribution is 2.32. The molecule has 24 heavy (non-hydrogen) atoms. The fraction of sp³-hybridized carbons (Fsp3) is 0.368. The molecule has 1 saturated heterocycles. The summed E-state index contributed by atoms with van der Waals surface area (Å²) in [6.45, 7) is 5.77. The van der Waals surface area contributed by atoms with Crippen LogP contribution in [0, 0.1) is 12.8 Å². The Hall–Kier alpha value is -2.14. The first-order valence-electron chi connectivity index (χ1n) is 8.29. The van der Waals surface area contributed by atoms with Gasteiger partial charge in [-0.25, -0.2) is 4.79 Å². The molecule has 0 bridgehead atoms. The van der Waals surface area contributed by atoms with Gasteiger partial charge in [-0.1, -0.05) is 18.6 Å². The summed E-state index contributed by atoms with van der Waals surface area (Å²) in [5.74, 6) is 0.564. The van der Waals surface area contributed by atoms with Gasteiger partial charge >= 0.3 is 5.63 Å². The maximum atomic E-state index is 12.8. The number of likely N-dealkylation sites (tertiary alicyclic amines) is 1. The van der Waals surface area contributed by atoms with E-state index in [9.17, 15) is 9.59 Å². The van der Waals surface area contributed by atoms with Gasteiger partial charge < -0.3 is 9.32 Å². The number of hydrogen-bond donors (Lipinski definition) is 0. The molecule has 0 N–H and O–H groups in total. The summed E-state index contributed by atoms with van der Waals surface area (Å²) in [6.07, 6.45) is 2.21.